The summed E-state index contributed by atoms with van der Waals surface area (Å²) in [5, 5.41) is 12.2. The zero-order valence-corrected chi connectivity index (χ0v) is 13.2. The van der Waals surface area contributed by atoms with Crippen molar-refractivity contribution in [3.05, 3.63) is 0 Å². The number of carbonyl (C=O) groups is 2. The second-order valence-electron chi connectivity index (χ2n) is 6.86. The van der Waals surface area contributed by atoms with Gasteiger partial charge in [-0.05, 0) is 37.0 Å². The number of urea groups is 1. The SMILES string of the molecule is CC1CCN(C(=O)NCC2CCCCC2C(=O)O)CC1C. The van der Waals surface area contributed by atoms with Gasteiger partial charge in [0.15, 0.2) is 0 Å². The Bertz CT molecular complexity index is 386. The summed E-state index contributed by atoms with van der Waals surface area (Å²) in [4.78, 5) is 25.4. The van der Waals surface area contributed by atoms with Crippen molar-refractivity contribution in [2.24, 2.45) is 23.7 Å². The Balaban J connectivity index is 1.81. The molecule has 5 heteroatoms. The minimum Gasteiger partial charge on any atom is -0.481 e. The van der Waals surface area contributed by atoms with Crippen LogP contribution in [0.25, 0.3) is 0 Å². The maximum Gasteiger partial charge on any atom is 0.317 e. The molecule has 1 aliphatic carbocycles. The van der Waals surface area contributed by atoms with Crippen molar-refractivity contribution in [3.8, 4) is 0 Å². The molecule has 1 aliphatic heterocycles. The molecule has 2 rings (SSSR count). The molecule has 0 radical (unpaired) electrons. The number of carbonyl (C=O) groups excluding carboxylic acids is 1. The fraction of sp³-hybridized carbons (Fsp3) is 0.875. The zero-order chi connectivity index (χ0) is 15.4. The van der Waals surface area contributed by atoms with Gasteiger partial charge in [-0.1, -0.05) is 26.7 Å². The third-order valence-electron chi connectivity index (χ3n) is 5.36. The quantitative estimate of drug-likeness (QED) is 0.841. The summed E-state index contributed by atoms with van der Waals surface area (Å²) < 4.78 is 0. The lowest BCUT2D eigenvalue weighted by Crippen LogP contribution is -2.48. The molecular weight excluding hydrogens is 268 g/mol. The van der Waals surface area contributed by atoms with E-state index in [0.29, 0.717) is 18.4 Å². The van der Waals surface area contributed by atoms with Gasteiger partial charge in [-0.15, -0.1) is 0 Å². The summed E-state index contributed by atoms with van der Waals surface area (Å²) in [6.45, 7) is 6.53. The standard InChI is InChI=1S/C16H28N2O3/c1-11-7-8-18(10-12(11)2)16(21)17-9-13-5-3-4-6-14(13)15(19)20/h11-14H,3-10H2,1-2H3,(H,17,21)(H,19,20). The fourth-order valence-electron chi connectivity index (χ4n) is 3.55. The van der Waals surface area contributed by atoms with Crippen LogP contribution in [0.2, 0.25) is 0 Å². The van der Waals surface area contributed by atoms with Gasteiger partial charge in [0.2, 0.25) is 0 Å². The maximum absolute atomic E-state index is 12.2. The molecule has 2 N–H and O–H groups in total. The number of rotatable bonds is 3. The summed E-state index contributed by atoms with van der Waals surface area (Å²) in [5.74, 6) is 0.282. The van der Waals surface area contributed by atoms with Gasteiger partial charge in [0, 0.05) is 19.6 Å². The number of amides is 2. The average Bonchev–Trinajstić information content (AvgIpc) is 2.47. The Labute approximate surface area is 127 Å². The first kappa shape index (κ1) is 16.1. The van der Waals surface area contributed by atoms with Crippen molar-refractivity contribution < 1.29 is 14.7 Å². The Kier molecular flexibility index (Phi) is 5.48. The van der Waals surface area contributed by atoms with Gasteiger partial charge in [-0.2, -0.15) is 0 Å². The predicted octanol–water partition coefficient (Wildman–Crippen LogP) is 2.56. The number of piperidine rings is 1. The van der Waals surface area contributed by atoms with Crippen molar-refractivity contribution in [1.29, 1.82) is 0 Å². The second kappa shape index (κ2) is 7.14. The van der Waals surface area contributed by atoms with Crippen LogP contribution in [0.1, 0.15) is 46.0 Å². The van der Waals surface area contributed by atoms with Crippen LogP contribution in [-0.2, 0) is 4.79 Å². The molecule has 21 heavy (non-hydrogen) atoms. The van der Waals surface area contributed by atoms with Crippen molar-refractivity contribution in [2.75, 3.05) is 19.6 Å². The highest BCUT2D eigenvalue weighted by Gasteiger charge is 2.32. The molecule has 2 aliphatic rings. The lowest BCUT2D eigenvalue weighted by molar-refractivity contribution is -0.144. The van der Waals surface area contributed by atoms with E-state index in [4.69, 9.17) is 0 Å². The number of nitrogens with one attached hydrogen (secondary N) is 1. The molecule has 0 aromatic rings. The van der Waals surface area contributed by atoms with Gasteiger partial charge in [-0.25, -0.2) is 4.79 Å². The molecule has 0 aromatic carbocycles. The van der Waals surface area contributed by atoms with E-state index in [1.165, 1.54) is 0 Å². The first-order valence-corrected chi connectivity index (χ1v) is 8.24. The third-order valence-corrected chi connectivity index (χ3v) is 5.36. The first-order valence-electron chi connectivity index (χ1n) is 8.24. The van der Waals surface area contributed by atoms with Crippen molar-refractivity contribution in [2.45, 2.75) is 46.0 Å². The topological polar surface area (TPSA) is 69.6 Å². The van der Waals surface area contributed by atoms with E-state index in [2.05, 4.69) is 19.2 Å². The van der Waals surface area contributed by atoms with E-state index < -0.39 is 5.97 Å². The first-order chi connectivity index (χ1) is 9.99. The van der Waals surface area contributed by atoms with Crippen molar-refractivity contribution >= 4 is 12.0 Å². The Morgan fingerprint density at radius 3 is 2.52 bits per heavy atom. The van der Waals surface area contributed by atoms with Crippen LogP contribution in [0.5, 0.6) is 0 Å². The van der Waals surface area contributed by atoms with Gasteiger partial charge in [0.05, 0.1) is 5.92 Å². The van der Waals surface area contributed by atoms with Crippen LogP contribution in [0.15, 0.2) is 0 Å². The summed E-state index contributed by atoms with van der Waals surface area (Å²) >= 11 is 0. The fourth-order valence-corrected chi connectivity index (χ4v) is 3.55. The predicted molar refractivity (Wildman–Crippen MR) is 81.0 cm³/mol. The van der Waals surface area contributed by atoms with E-state index in [-0.39, 0.29) is 17.9 Å². The van der Waals surface area contributed by atoms with E-state index in [1.807, 2.05) is 4.90 Å². The summed E-state index contributed by atoms with van der Waals surface area (Å²) in [7, 11) is 0. The Morgan fingerprint density at radius 1 is 1.14 bits per heavy atom. The second-order valence-corrected chi connectivity index (χ2v) is 6.86. The lowest BCUT2D eigenvalue weighted by Gasteiger charge is -2.36. The highest BCUT2D eigenvalue weighted by Crippen LogP contribution is 2.30. The smallest absolute Gasteiger partial charge is 0.317 e. The summed E-state index contributed by atoms with van der Waals surface area (Å²) in [6, 6.07) is -0.0246. The van der Waals surface area contributed by atoms with Crippen molar-refractivity contribution in [3.63, 3.8) is 0 Å². The molecule has 5 nitrogen and oxygen atoms in total. The van der Waals surface area contributed by atoms with Gasteiger partial charge in [0.1, 0.15) is 0 Å². The van der Waals surface area contributed by atoms with Crippen molar-refractivity contribution in [1.82, 2.24) is 10.2 Å². The highest BCUT2D eigenvalue weighted by molar-refractivity contribution is 5.74. The lowest BCUT2D eigenvalue weighted by atomic mass is 9.79. The van der Waals surface area contributed by atoms with Gasteiger partial charge < -0.3 is 15.3 Å². The molecule has 1 saturated carbocycles. The maximum atomic E-state index is 12.2. The van der Waals surface area contributed by atoms with Gasteiger partial charge >= 0.3 is 12.0 Å². The zero-order valence-electron chi connectivity index (χ0n) is 13.2. The molecular formula is C16H28N2O3. The molecule has 1 saturated heterocycles. The molecule has 4 atom stereocenters. The minimum atomic E-state index is -0.714. The molecule has 2 fully saturated rings. The number of aliphatic carboxylic acids is 1. The largest absolute Gasteiger partial charge is 0.481 e. The summed E-state index contributed by atoms with van der Waals surface area (Å²) in [6.07, 6.45) is 4.76. The number of carboxylic acids is 1. The van der Waals surface area contributed by atoms with Gasteiger partial charge in [-0.3, -0.25) is 4.79 Å². The molecule has 0 aromatic heterocycles. The van der Waals surface area contributed by atoms with E-state index in [1.54, 1.807) is 0 Å². The van der Waals surface area contributed by atoms with E-state index in [0.717, 1.165) is 45.2 Å². The number of nitrogens with zero attached hydrogens (tertiary/aromatic N) is 1. The number of carboxylic acid groups (broad SMARTS) is 1. The Morgan fingerprint density at radius 2 is 1.86 bits per heavy atom. The number of hydrogen-bond donors (Lipinski definition) is 2. The van der Waals surface area contributed by atoms with Crippen LogP contribution in [0.4, 0.5) is 4.79 Å². The third kappa shape index (κ3) is 4.11. The molecule has 2 amide bonds. The van der Waals surface area contributed by atoms with E-state index >= 15 is 0 Å². The molecule has 1 heterocycles. The molecule has 0 bridgehead atoms. The normalized spacial score (nSPS) is 33.5. The highest BCUT2D eigenvalue weighted by atomic mass is 16.4. The number of likely N-dealkylation sites (tertiary alicyclic amines) is 1. The minimum absolute atomic E-state index is 0.0246. The van der Waals surface area contributed by atoms with Crippen LogP contribution in [0.3, 0.4) is 0 Å². The van der Waals surface area contributed by atoms with Crippen LogP contribution < -0.4 is 5.32 Å². The molecule has 120 valence electrons. The van der Waals surface area contributed by atoms with Crippen LogP contribution >= 0.6 is 0 Å². The van der Waals surface area contributed by atoms with E-state index in [9.17, 15) is 14.7 Å². The van der Waals surface area contributed by atoms with Gasteiger partial charge in [0.25, 0.3) is 0 Å². The molecule has 0 spiro atoms. The summed E-state index contributed by atoms with van der Waals surface area (Å²) in [5.41, 5.74) is 0. The average molecular weight is 296 g/mol. The van der Waals surface area contributed by atoms with Crippen LogP contribution in [-0.4, -0.2) is 41.6 Å². The van der Waals surface area contributed by atoms with Crippen LogP contribution in [0, 0.1) is 23.7 Å². The Hall–Kier alpha value is -1.26. The molecule has 4 unspecified atom stereocenters. The monoisotopic (exact) mass is 296 g/mol. The number of hydrogen-bond acceptors (Lipinski definition) is 2.